The summed E-state index contributed by atoms with van der Waals surface area (Å²) in [5, 5.41) is 20.8. The fraction of sp³-hybridized carbons (Fsp3) is 0.278. The SMILES string of the molecule is Cn1cc(-c2cccc(-c3cc(C4CCN(C#N)C4)n[nH]3)c2)cn1. The van der Waals surface area contributed by atoms with Gasteiger partial charge in [-0.25, -0.2) is 0 Å². The maximum atomic E-state index is 9.00. The monoisotopic (exact) mass is 318 g/mol. The number of nitrogens with zero attached hydrogens (tertiary/aromatic N) is 5. The van der Waals surface area contributed by atoms with Crippen LogP contribution >= 0.6 is 0 Å². The molecule has 6 heteroatoms. The number of nitriles is 1. The lowest BCUT2D eigenvalue weighted by atomic mass is 10.0. The van der Waals surface area contributed by atoms with Crippen LogP contribution in [-0.2, 0) is 7.05 Å². The molecule has 4 rings (SSSR count). The molecule has 3 heterocycles. The molecule has 2 aromatic heterocycles. The fourth-order valence-electron chi connectivity index (χ4n) is 3.22. The molecular weight excluding hydrogens is 300 g/mol. The van der Waals surface area contributed by atoms with Gasteiger partial charge in [0.25, 0.3) is 0 Å². The van der Waals surface area contributed by atoms with Crippen LogP contribution in [0.4, 0.5) is 0 Å². The van der Waals surface area contributed by atoms with Crippen molar-refractivity contribution in [1.82, 2.24) is 24.9 Å². The minimum absolute atomic E-state index is 0.330. The van der Waals surface area contributed by atoms with Crippen LogP contribution in [0.15, 0.2) is 42.7 Å². The molecule has 24 heavy (non-hydrogen) atoms. The van der Waals surface area contributed by atoms with E-state index in [1.807, 2.05) is 25.5 Å². The van der Waals surface area contributed by atoms with Crippen molar-refractivity contribution in [2.24, 2.45) is 7.05 Å². The second-order valence-electron chi connectivity index (χ2n) is 6.22. The predicted molar refractivity (Wildman–Crippen MR) is 90.8 cm³/mol. The van der Waals surface area contributed by atoms with Crippen molar-refractivity contribution in [3.05, 3.63) is 48.4 Å². The first-order chi connectivity index (χ1) is 11.7. The minimum atomic E-state index is 0.330. The Morgan fingerprint density at radius 3 is 2.88 bits per heavy atom. The first kappa shape index (κ1) is 14.5. The normalized spacial score (nSPS) is 17.2. The lowest BCUT2D eigenvalue weighted by Crippen LogP contribution is -2.12. The van der Waals surface area contributed by atoms with E-state index in [1.54, 1.807) is 9.58 Å². The summed E-state index contributed by atoms with van der Waals surface area (Å²) < 4.78 is 1.80. The van der Waals surface area contributed by atoms with E-state index in [0.717, 1.165) is 47.6 Å². The number of aromatic nitrogens is 4. The highest BCUT2D eigenvalue weighted by molar-refractivity contribution is 5.70. The molecule has 0 aliphatic carbocycles. The summed E-state index contributed by atoms with van der Waals surface area (Å²) in [6.07, 6.45) is 7.07. The van der Waals surface area contributed by atoms with Crippen molar-refractivity contribution in [3.63, 3.8) is 0 Å². The molecule has 0 bridgehead atoms. The number of H-pyrrole nitrogens is 1. The molecule has 120 valence electrons. The van der Waals surface area contributed by atoms with Crippen LogP contribution in [0.2, 0.25) is 0 Å². The number of hydrogen-bond acceptors (Lipinski definition) is 4. The van der Waals surface area contributed by atoms with Crippen LogP contribution < -0.4 is 0 Å². The lowest BCUT2D eigenvalue weighted by Gasteiger charge is -2.05. The lowest BCUT2D eigenvalue weighted by molar-refractivity contribution is 0.478. The first-order valence-corrected chi connectivity index (χ1v) is 8.02. The van der Waals surface area contributed by atoms with Crippen LogP contribution in [0.25, 0.3) is 22.4 Å². The van der Waals surface area contributed by atoms with Gasteiger partial charge in [-0.3, -0.25) is 9.78 Å². The summed E-state index contributed by atoms with van der Waals surface area (Å²) in [4.78, 5) is 1.79. The van der Waals surface area contributed by atoms with E-state index >= 15 is 0 Å². The highest BCUT2D eigenvalue weighted by Crippen LogP contribution is 2.30. The molecule has 0 radical (unpaired) electrons. The second-order valence-corrected chi connectivity index (χ2v) is 6.22. The molecule has 6 nitrogen and oxygen atoms in total. The Kier molecular flexibility index (Phi) is 3.54. The van der Waals surface area contributed by atoms with Crippen LogP contribution in [0.5, 0.6) is 0 Å². The molecule has 3 aromatic rings. The number of hydrogen-bond donors (Lipinski definition) is 1. The van der Waals surface area contributed by atoms with Gasteiger partial charge in [0.05, 0.1) is 17.6 Å². The highest BCUT2D eigenvalue weighted by atomic mass is 15.2. The Labute approximate surface area is 140 Å². The Bertz CT molecular complexity index is 900. The number of nitrogens with one attached hydrogen (secondary N) is 1. The molecule has 1 saturated heterocycles. The van der Waals surface area contributed by atoms with Crippen LogP contribution in [-0.4, -0.2) is 38.0 Å². The fourth-order valence-corrected chi connectivity index (χ4v) is 3.22. The summed E-state index contributed by atoms with van der Waals surface area (Å²) in [6.45, 7) is 1.58. The van der Waals surface area contributed by atoms with Gasteiger partial charge in [-0.2, -0.15) is 15.5 Å². The molecular formula is C18H18N6. The summed E-state index contributed by atoms with van der Waals surface area (Å²) in [5.74, 6) is 0.330. The highest BCUT2D eigenvalue weighted by Gasteiger charge is 2.25. The summed E-state index contributed by atoms with van der Waals surface area (Å²) >= 11 is 0. The van der Waals surface area contributed by atoms with E-state index in [-0.39, 0.29) is 0 Å². The number of likely N-dealkylation sites (tertiary alicyclic amines) is 1. The number of aryl methyl sites for hydroxylation is 1. The second kappa shape index (κ2) is 5.85. The van der Waals surface area contributed by atoms with Gasteiger partial charge in [0, 0.05) is 43.4 Å². The van der Waals surface area contributed by atoms with Crippen LogP contribution in [0.3, 0.4) is 0 Å². The van der Waals surface area contributed by atoms with Gasteiger partial charge in [0.15, 0.2) is 6.19 Å². The molecule has 1 atom stereocenters. The van der Waals surface area contributed by atoms with E-state index < -0.39 is 0 Å². The first-order valence-electron chi connectivity index (χ1n) is 8.02. The quantitative estimate of drug-likeness (QED) is 0.754. The Balaban J connectivity index is 1.60. The van der Waals surface area contributed by atoms with Crippen molar-refractivity contribution in [2.45, 2.75) is 12.3 Å². The van der Waals surface area contributed by atoms with E-state index in [9.17, 15) is 0 Å². The van der Waals surface area contributed by atoms with Crippen molar-refractivity contribution in [1.29, 1.82) is 5.26 Å². The number of rotatable bonds is 3. The Morgan fingerprint density at radius 1 is 1.25 bits per heavy atom. The van der Waals surface area contributed by atoms with Crippen molar-refractivity contribution in [3.8, 4) is 28.6 Å². The van der Waals surface area contributed by atoms with Gasteiger partial charge in [-0.1, -0.05) is 18.2 Å². The van der Waals surface area contributed by atoms with E-state index in [2.05, 4.69) is 45.8 Å². The maximum absolute atomic E-state index is 9.00. The zero-order valence-electron chi connectivity index (χ0n) is 13.5. The van der Waals surface area contributed by atoms with Gasteiger partial charge in [0.1, 0.15) is 0 Å². The third-order valence-corrected chi connectivity index (χ3v) is 4.56. The van der Waals surface area contributed by atoms with Crippen molar-refractivity contribution >= 4 is 0 Å². The van der Waals surface area contributed by atoms with Crippen LogP contribution in [0.1, 0.15) is 18.0 Å². The Hall–Kier alpha value is -3.07. The molecule has 0 spiro atoms. The number of benzene rings is 1. The average Bonchev–Trinajstić information content (AvgIpc) is 3.34. The molecule has 1 unspecified atom stereocenters. The summed E-state index contributed by atoms with van der Waals surface area (Å²) in [6, 6.07) is 10.5. The van der Waals surface area contributed by atoms with E-state index in [4.69, 9.17) is 5.26 Å². The zero-order chi connectivity index (χ0) is 16.5. The van der Waals surface area contributed by atoms with E-state index in [1.165, 1.54) is 0 Å². The average molecular weight is 318 g/mol. The largest absolute Gasteiger partial charge is 0.310 e. The standard InChI is InChI=1S/C18H18N6/c1-23-10-16(9-20-23)13-3-2-4-14(7-13)17-8-18(22-21-17)15-5-6-24(11-15)12-19/h2-4,7-10,15H,5-6,11H2,1H3,(H,21,22). The molecule has 1 N–H and O–H groups in total. The molecule has 1 aliphatic heterocycles. The maximum Gasteiger partial charge on any atom is 0.179 e. The molecule has 1 fully saturated rings. The smallest absolute Gasteiger partial charge is 0.179 e. The van der Waals surface area contributed by atoms with Gasteiger partial charge in [0.2, 0.25) is 0 Å². The van der Waals surface area contributed by atoms with Gasteiger partial charge < -0.3 is 4.90 Å². The minimum Gasteiger partial charge on any atom is -0.310 e. The third kappa shape index (κ3) is 2.65. The topological polar surface area (TPSA) is 73.5 Å². The van der Waals surface area contributed by atoms with E-state index in [0.29, 0.717) is 5.92 Å². The summed E-state index contributed by atoms with van der Waals surface area (Å²) in [7, 11) is 1.92. The van der Waals surface area contributed by atoms with Crippen molar-refractivity contribution in [2.75, 3.05) is 13.1 Å². The van der Waals surface area contributed by atoms with Crippen molar-refractivity contribution < 1.29 is 0 Å². The van der Waals surface area contributed by atoms with Gasteiger partial charge in [-0.15, -0.1) is 0 Å². The zero-order valence-corrected chi connectivity index (χ0v) is 13.5. The molecule has 0 saturated carbocycles. The van der Waals surface area contributed by atoms with Gasteiger partial charge in [-0.05, 0) is 24.1 Å². The third-order valence-electron chi connectivity index (χ3n) is 4.56. The molecule has 0 amide bonds. The molecule has 1 aliphatic rings. The summed E-state index contributed by atoms with van der Waals surface area (Å²) in [5.41, 5.74) is 5.37. The molecule has 1 aromatic carbocycles. The Morgan fingerprint density at radius 2 is 2.12 bits per heavy atom. The van der Waals surface area contributed by atoms with Gasteiger partial charge >= 0.3 is 0 Å². The van der Waals surface area contributed by atoms with Crippen LogP contribution in [0, 0.1) is 11.5 Å². The predicted octanol–water partition coefficient (Wildman–Crippen LogP) is 2.75. The number of aromatic amines is 1.